The van der Waals surface area contributed by atoms with Crippen LogP contribution in [0.2, 0.25) is 15.8 Å². The third-order valence-corrected chi connectivity index (χ3v) is 24.3. The molecule has 0 aliphatic carbocycles. The van der Waals surface area contributed by atoms with Crippen LogP contribution in [0.4, 0.5) is 0 Å². The molecule has 1 saturated heterocycles. The Morgan fingerprint density at radius 1 is 0.741 bits per heavy atom. The fourth-order valence-electron chi connectivity index (χ4n) is 9.86. The third-order valence-electron chi connectivity index (χ3n) is 12.2. The van der Waals surface area contributed by atoms with Crippen molar-refractivity contribution in [1.29, 1.82) is 0 Å². The molecule has 0 amide bonds. The van der Waals surface area contributed by atoms with Crippen LogP contribution in [0, 0.1) is 6.33 Å². The van der Waals surface area contributed by atoms with E-state index >= 15 is 0 Å². The second kappa shape index (κ2) is 12.2. The molecule has 0 bridgehead atoms. The Balaban J connectivity index is 1.13. The van der Waals surface area contributed by atoms with Crippen LogP contribution < -0.4 is 13.7 Å². The van der Waals surface area contributed by atoms with E-state index in [0.29, 0.717) is 0 Å². The van der Waals surface area contributed by atoms with Crippen molar-refractivity contribution in [3.8, 4) is 28.7 Å². The molecule has 54 heavy (non-hydrogen) atoms. The molecule has 6 heteroatoms. The summed E-state index contributed by atoms with van der Waals surface area (Å²) < 4.78 is 15.4. The van der Waals surface area contributed by atoms with E-state index in [-0.39, 0.29) is 10.8 Å². The quantitative estimate of drug-likeness (QED) is 0.0993. The molecule has 10 rings (SSSR count). The van der Waals surface area contributed by atoms with E-state index in [0.717, 1.165) is 45.2 Å². The summed E-state index contributed by atoms with van der Waals surface area (Å²) in [5, 5.41) is 6.75. The number of aromatic nitrogens is 4. The number of imidazole rings is 1. The predicted molar refractivity (Wildman–Crippen MR) is 223 cm³/mol. The Labute approximate surface area is 320 Å². The molecule has 3 aromatic heterocycles. The van der Waals surface area contributed by atoms with Gasteiger partial charge in [0.1, 0.15) is 0 Å². The zero-order valence-electron chi connectivity index (χ0n) is 31.9. The molecule has 0 saturated carbocycles. The minimum absolute atomic E-state index is 0.101. The van der Waals surface area contributed by atoms with Crippen molar-refractivity contribution < 1.29 is 9.30 Å². The summed E-state index contributed by atoms with van der Waals surface area (Å²) >= 11 is -2.17. The molecule has 1 spiro atoms. The monoisotopic (exact) mass is 768 g/mol. The first-order valence-corrected chi connectivity index (χ1v) is 25.0. The van der Waals surface area contributed by atoms with Gasteiger partial charge in [-0.2, -0.15) is 0 Å². The van der Waals surface area contributed by atoms with E-state index in [1.54, 1.807) is 4.40 Å². The zero-order valence-corrected chi connectivity index (χ0v) is 34.0. The van der Waals surface area contributed by atoms with E-state index in [4.69, 9.17) is 9.72 Å². The molecule has 1 fully saturated rings. The van der Waals surface area contributed by atoms with Crippen molar-refractivity contribution >= 4 is 50.5 Å². The summed E-state index contributed by atoms with van der Waals surface area (Å²) in [6, 6.07) is 43.4. The van der Waals surface area contributed by atoms with Crippen molar-refractivity contribution in [2.45, 2.75) is 74.1 Å². The van der Waals surface area contributed by atoms with Crippen LogP contribution in [0.1, 0.15) is 58.6 Å². The Kier molecular flexibility index (Phi) is 7.55. The van der Waals surface area contributed by atoms with Gasteiger partial charge in [-0.05, 0) is 12.1 Å². The number of rotatable bonds is 5. The number of pyridine rings is 1. The van der Waals surface area contributed by atoms with Gasteiger partial charge in [0.2, 0.25) is 0 Å². The Morgan fingerprint density at radius 2 is 1.46 bits per heavy atom. The number of ether oxygens (including phenoxy) is 1. The summed E-state index contributed by atoms with van der Waals surface area (Å²) in [4.78, 5) is 5.23. The third kappa shape index (κ3) is 5.26. The summed E-state index contributed by atoms with van der Waals surface area (Å²) in [6.07, 6.45) is 8.57. The number of nitrogens with zero attached hydrogens (tertiary/aromatic N) is 4. The number of hydrogen-bond donors (Lipinski definition) is 0. The fourth-order valence-corrected chi connectivity index (χ4v) is 23.4. The molecular formula is C48H46GeN4O. The molecule has 5 aromatic carbocycles. The smallest absolute Gasteiger partial charge is 0.292 e. The second-order valence-electron chi connectivity index (χ2n) is 17.3. The summed E-state index contributed by atoms with van der Waals surface area (Å²) in [5.74, 6) is 2.71. The first-order chi connectivity index (χ1) is 26.1. The van der Waals surface area contributed by atoms with Gasteiger partial charge in [0.15, 0.2) is 0 Å². The molecule has 2 aliphatic rings. The van der Waals surface area contributed by atoms with Crippen molar-refractivity contribution in [1.82, 2.24) is 14.1 Å². The first-order valence-electron chi connectivity index (χ1n) is 19.5. The van der Waals surface area contributed by atoms with Crippen LogP contribution in [0.5, 0.6) is 11.5 Å². The van der Waals surface area contributed by atoms with E-state index in [1.165, 1.54) is 56.0 Å². The molecule has 5 nitrogen and oxygen atoms in total. The molecule has 0 N–H and O–H groups in total. The molecule has 8 aromatic rings. The van der Waals surface area contributed by atoms with Gasteiger partial charge in [-0.3, -0.25) is 4.57 Å². The summed E-state index contributed by atoms with van der Waals surface area (Å²) in [5.41, 5.74) is 9.28. The molecule has 0 atom stereocenters. The average molecular weight is 768 g/mol. The van der Waals surface area contributed by atoms with Gasteiger partial charge in [-0.15, -0.1) is 0 Å². The Morgan fingerprint density at radius 3 is 2.26 bits per heavy atom. The van der Waals surface area contributed by atoms with Gasteiger partial charge in [0, 0.05) is 0 Å². The number of benzene rings is 5. The first kappa shape index (κ1) is 33.4. The molecular weight excluding hydrogens is 721 g/mol. The van der Waals surface area contributed by atoms with E-state index in [2.05, 4.69) is 176 Å². The number of para-hydroxylation sites is 4. The molecule has 0 unspecified atom stereocenters. The van der Waals surface area contributed by atoms with Gasteiger partial charge in [-0.25, -0.2) is 0 Å². The van der Waals surface area contributed by atoms with Gasteiger partial charge in [0.25, 0.3) is 6.33 Å². The van der Waals surface area contributed by atoms with E-state index in [1.807, 2.05) is 6.07 Å². The topological polar surface area (TPSA) is 35.9 Å². The Hall–Kier alpha value is -5.14. The van der Waals surface area contributed by atoms with Gasteiger partial charge >= 0.3 is 219 Å². The number of hydrogen-bond acceptors (Lipinski definition) is 2. The standard InChI is InChI=1S/C48H46GeN4O/c1-47(2,3)33-27-35(52-32-51(34-15-7-6-8-16-34)42-19-11-12-20-43(42)52)29-37(28-33)54-36-21-22-39-38-17-9-10-18-41(38)53(44(39)30-36)46-45-40(23-26-50-46)49(24-13-14-25-49)31-48(45,4)5/h6-12,15-23,26-30H,13-14,24-25,31H2,1-5H3. The minimum atomic E-state index is -2.17. The van der Waals surface area contributed by atoms with Crippen LogP contribution in [0.15, 0.2) is 128 Å². The van der Waals surface area contributed by atoms with E-state index in [9.17, 15) is 0 Å². The van der Waals surface area contributed by atoms with Crippen LogP contribution in [-0.2, 0) is 10.8 Å². The molecule has 268 valence electrons. The van der Waals surface area contributed by atoms with Crippen molar-refractivity contribution in [2.24, 2.45) is 0 Å². The van der Waals surface area contributed by atoms with Crippen LogP contribution in [0.3, 0.4) is 0 Å². The maximum atomic E-state index is 6.93. The van der Waals surface area contributed by atoms with Crippen LogP contribution in [-0.4, -0.2) is 27.4 Å². The van der Waals surface area contributed by atoms with Gasteiger partial charge in [0.05, 0.1) is 16.7 Å². The summed E-state index contributed by atoms with van der Waals surface area (Å²) in [6.45, 7) is 11.7. The zero-order chi connectivity index (χ0) is 36.8. The number of fused-ring (bicyclic) bond motifs is 6. The summed E-state index contributed by atoms with van der Waals surface area (Å²) in [7, 11) is 0. The maximum absolute atomic E-state index is 6.93. The van der Waals surface area contributed by atoms with Gasteiger partial charge < -0.3 is 0 Å². The molecule has 2 aliphatic heterocycles. The SMILES string of the molecule is CC(C)(C)c1cc(Oc2ccc3c4ccccc4n(-c4ncc[c]5c4C(C)(C)[CH2][Ge]54[CH2]CC[CH2]4)c3c2)cc(-n2[c-][n+](-c3ccccc3)c3ccccc32)c1. The molecule has 0 radical (unpaired) electrons. The Bertz CT molecular complexity index is 2740. The van der Waals surface area contributed by atoms with Crippen LogP contribution >= 0.6 is 0 Å². The normalized spacial score (nSPS) is 16.2. The van der Waals surface area contributed by atoms with Crippen LogP contribution in [0.25, 0.3) is 50.0 Å². The van der Waals surface area contributed by atoms with Crippen molar-refractivity contribution in [3.63, 3.8) is 0 Å². The van der Waals surface area contributed by atoms with E-state index < -0.39 is 13.3 Å². The van der Waals surface area contributed by atoms with Gasteiger partial charge in [-0.1, -0.05) is 63.2 Å². The minimum Gasteiger partial charge on any atom is -0.292 e. The van der Waals surface area contributed by atoms with Crippen molar-refractivity contribution in [2.75, 3.05) is 0 Å². The average Bonchev–Trinajstić information content (AvgIpc) is 3.93. The molecule has 5 heterocycles. The predicted octanol–water partition coefficient (Wildman–Crippen LogP) is 11.0. The fraction of sp³-hybridized carbons (Fsp3) is 0.250. The van der Waals surface area contributed by atoms with Crippen molar-refractivity contribution in [3.05, 3.63) is 145 Å². The second-order valence-corrected chi connectivity index (χ2v) is 26.6.